The highest BCUT2D eigenvalue weighted by Crippen LogP contribution is 2.47. The molecule has 3 saturated carbocycles. The number of benzene rings is 1. The number of carboxylic acids is 1. The summed E-state index contributed by atoms with van der Waals surface area (Å²) in [7, 11) is 0. The summed E-state index contributed by atoms with van der Waals surface area (Å²) in [6.07, 6.45) is 2.46. The SMILES string of the molecule is Cc1cc(C(=O)O)n(CCNC23CCC(NC(=O)COc4ccc(Cl)c(F)c4)(CC2)C[C@H]3O)n1. The van der Waals surface area contributed by atoms with Crippen molar-refractivity contribution in [2.75, 3.05) is 13.2 Å². The van der Waals surface area contributed by atoms with Gasteiger partial charge in [-0.2, -0.15) is 5.10 Å². The maximum Gasteiger partial charge on any atom is 0.354 e. The quantitative estimate of drug-likeness (QED) is 0.421. The van der Waals surface area contributed by atoms with Crippen LogP contribution in [0, 0.1) is 12.7 Å². The van der Waals surface area contributed by atoms with E-state index < -0.39 is 29.0 Å². The number of aliphatic hydroxyl groups is 1. The lowest BCUT2D eigenvalue weighted by Gasteiger charge is -2.56. The van der Waals surface area contributed by atoms with Crippen LogP contribution in [0.15, 0.2) is 24.3 Å². The highest BCUT2D eigenvalue weighted by molar-refractivity contribution is 6.30. The minimum atomic E-state index is -1.03. The minimum Gasteiger partial charge on any atom is -0.484 e. The number of carbonyl (C=O) groups is 2. The van der Waals surface area contributed by atoms with Crippen molar-refractivity contribution in [3.63, 3.8) is 0 Å². The van der Waals surface area contributed by atoms with Crippen LogP contribution in [-0.2, 0) is 11.3 Å². The lowest BCUT2D eigenvalue weighted by Crippen LogP contribution is -2.69. The van der Waals surface area contributed by atoms with Crippen molar-refractivity contribution in [3.8, 4) is 5.75 Å². The molecule has 0 aliphatic heterocycles. The van der Waals surface area contributed by atoms with E-state index in [0.29, 0.717) is 50.9 Å². The first-order valence-electron chi connectivity index (χ1n) is 11.2. The Morgan fingerprint density at radius 1 is 1.29 bits per heavy atom. The van der Waals surface area contributed by atoms with E-state index in [9.17, 15) is 24.2 Å². The van der Waals surface area contributed by atoms with Gasteiger partial charge in [0.1, 0.15) is 17.3 Å². The molecule has 184 valence electrons. The summed E-state index contributed by atoms with van der Waals surface area (Å²) in [6.45, 7) is 2.31. The molecular weight excluding hydrogens is 467 g/mol. The second-order valence-corrected chi connectivity index (χ2v) is 9.60. The summed E-state index contributed by atoms with van der Waals surface area (Å²) in [4.78, 5) is 23.9. The van der Waals surface area contributed by atoms with Crippen LogP contribution in [0.5, 0.6) is 5.75 Å². The van der Waals surface area contributed by atoms with Gasteiger partial charge < -0.3 is 25.6 Å². The summed E-state index contributed by atoms with van der Waals surface area (Å²) in [6, 6.07) is 5.51. The van der Waals surface area contributed by atoms with Gasteiger partial charge >= 0.3 is 5.97 Å². The Bertz CT molecular complexity index is 1080. The second-order valence-electron chi connectivity index (χ2n) is 9.20. The Hall–Kier alpha value is -2.69. The van der Waals surface area contributed by atoms with Gasteiger partial charge in [-0.1, -0.05) is 11.6 Å². The first-order valence-corrected chi connectivity index (χ1v) is 11.6. The summed E-state index contributed by atoms with van der Waals surface area (Å²) in [5.41, 5.74) is -0.217. The Morgan fingerprint density at radius 2 is 2.03 bits per heavy atom. The third-order valence-corrected chi connectivity index (χ3v) is 7.22. The molecule has 0 saturated heterocycles. The average Bonchev–Trinajstić information content (AvgIpc) is 3.16. The zero-order valence-corrected chi connectivity index (χ0v) is 19.6. The molecule has 1 aromatic carbocycles. The highest BCUT2D eigenvalue weighted by Gasteiger charge is 2.54. The van der Waals surface area contributed by atoms with Crippen LogP contribution < -0.4 is 15.4 Å². The number of halogens is 2. The van der Waals surface area contributed by atoms with Crippen molar-refractivity contribution in [1.82, 2.24) is 20.4 Å². The molecule has 3 fully saturated rings. The number of aryl methyl sites for hydroxylation is 1. The normalized spacial score (nSPS) is 25.8. The summed E-state index contributed by atoms with van der Waals surface area (Å²) >= 11 is 5.66. The van der Waals surface area contributed by atoms with Gasteiger partial charge in [0.05, 0.1) is 23.4 Å². The maximum absolute atomic E-state index is 13.5. The zero-order valence-electron chi connectivity index (χ0n) is 18.8. The molecule has 0 spiro atoms. The van der Waals surface area contributed by atoms with Crippen molar-refractivity contribution in [2.24, 2.45) is 0 Å². The molecule has 11 heteroatoms. The molecule has 0 radical (unpaired) electrons. The van der Waals surface area contributed by atoms with Crippen molar-refractivity contribution < 1.29 is 28.9 Å². The number of fused-ring (bicyclic) bond motifs is 3. The molecule has 3 aliphatic carbocycles. The van der Waals surface area contributed by atoms with Crippen molar-refractivity contribution >= 4 is 23.5 Å². The van der Waals surface area contributed by atoms with Crippen LogP contribution >= 0.6 is 11.6 Å². The minimum absolute atomic E-state index is 0.0201. The predicted molar refractivity (Wildman–Crippen MR) is 122 cm³/mol. The van der Waals surface area contributed by atoms with Gasteiger partial charge in [0.15, 0.2) is 6.61 Å². The molecule has 2 bridgehead atoms. The molecule has 1 amide bonds. The number of nitrogens with zero attached hydrogens (tertiary/aromatic N) is 2. The number of ether oxygens (including phenoxy) is 1. The van der Waals surface area contributed by atoms with Crippen LogP contribution in [0.1, 0.15) is 48.3 Å². The number of amides is 1. The van der Waals surface area contributed by atoms with Gasteiger partial charge in [0.25, 0.3) is 5.91 Å². The smallest absolute Gasteiger partial charge is 0.354 e. The Labute approximate surface area is 201 Å². The predicted octanol–water partition coefficient (Wildman–Crippen LogP) is 2.28. The van der Waals surface area contributed by atoms with Gasteiger partial charge in [0, 0.05) is 23.7 Å². The van der Waals surface area contributed by atoms with Crippen LogP contribution in [-0.4, -0.2) is 62.2 Å². The van der Waals surface area contributed by atoms with Gasteiger partial charge in [-0.3, -0.25) is 9.48 Å². The fourth-order valence-corrected chi connectivity index (χ4v) is 5.21. The Kier molecular flexibility index (Phi) is 6.84. The number of hydrogen-bond donors (Lipinski definition) is 4. The Morgan fingerprint density at radius 3 is 2.68 bits per heavy atom. The molecule has 9 nitrogen and oxygen atoms in total. The second kappa shape index (κ2) is 9.52. The van der Waals surface area contributed by atoms with E-state index in [0.717, 1.165) is 6.07 Å². The van der Waals surface area contributed by atoms with Crippen LogP contribution in [0.4, 0.5) is 4.39 Å². The molecule has 34 heavy (non-hydrogen) atoms. The third kappa shape index (κ3) is 5.03. The van der Waals surface area contributed by atoms with Crippen molar-refractivity contribution in [2.45, 2.75) is 62.8 Å². The van der Waals surface area contributed by atoms with Gasteiger partial charge in [-0.15, -0.1) is 0 Å². The van der Waals surface area contributed by atoms with Gasteiger partial charge in [0.2, 0.25) is 0 Å². The molecular formula is C23H28ClFN4O5. The number of aliphatic hydroxyl groups excluding tert-OH is 1. The lowest BCUT2D eigenvalue weighted by atomic mass is 9.60. The first-order chi connectivity index (χ1) is 16.1. The molecule has 2 aromatic rings. The molecule has 1 heterocycles. The molecule has 1 atom stereocenters. The van der Waals surface area contributed by atoms with E-state index in [1.807, 2.05) is 0 Å². The van der Waals surface area contributed by atoms with Crippen molar-refractivity contribution in [1.29, 1.82) is 0 Å². The fourth-order valence-electron chi connectivity index (χ4n) is 5.09. The summed E-state index contributed by atoms with van der Waals surface area (Å²) in [5, 5.41) is 30.9. The zero-order chi connectivity index (χ0) is 24.5. The van der Waals surface area contributed by atoms with Crippen LogP contribution in [0.3, 0.4) is 0 Å². The van der Waals surface area contributed by atoms with E-state index in [1.165, 1.54) is 22.9 Å². The molecule has 0 unspecified atom stereocenters. The average molecular weight is 495 g/mol. The van der Waals surface area contributed by atoms with E-state index >= 15 is 0 Å². The number of aromatic nitrogens is 2. The molecule has 3 aliphatic rings. The number of hydrogen-bond acceptors (Lipinski definition) is 6. The van der Waals surface area contributed by atoms with Crippen molar-refractivity contribution in [3.05, 3.63) is 46.5 Å². The molecule has 4 N–H and O–H groups in total. The largest absolute Gasteiger partial charge is 0.484 e. The highest BCUT2D eigenvalue weighted by atomic mass is 35.5. The number of carboxylic acid groups (broad SMARTS) is 1. The summed E-state index contributed by atoms with van der Waals surface area (Å²) < 4.78 is 20.4. The maximum atomic E-state index is 13.5. The van der Waals surface area contributed by atoms with E-state index in [-0.39, 0.29) is 29.0 Å². The van der Waals surface area contributed by atoms with Gasteiger partial charge in [-0.05, 0) is 57.2 Å². The number of carbonyl (C=O) groups excluding carboxylic acids is 1. The number of aromatic carboxylic acids is 1. The lowest BCUT2D eigenvalue weighted by molar-refractivity contribution is -0.129. The Balaban J connectivity index is 1.29. The van der Waals surface area contributed by atoms with E-state index in [1.54, 1.807) is 6.92 Å². The topological polar surface area (TPSA) is 126 Å². The summed E-state index contributed by atoms with van der Waals surface area (Å²) in [5.74, 6) is -1.77. The fraction of sp³-hybridized carbons (Fsp3) is 0.522. The molecule has 1 aromatic heterocycles. The van der Waals surface area contributed by atoms with E-state index in [4.69, 9.17) is 16.3 Å². The van der Waals surface area contributed by atoms with Crippen LogP contribution in [0.25, 0.3) is 0 Å². The van der Waals surface area contributed by atoms with E-state index in [2.05, 4.69) is 15.7 Å². The number of rotatable bonds is 9. The number of nitrogens with one attached hydrogen (secondary N) is 2. The standard InChI is InChI=1S/C23H28ClFN4O5/c1-14-10-18(21(32)33)29(28-14)9-8-26-23-6-4-22(5-7-23,12-19(23)30)27-20(31)13-34-15-2-3-16(24)17(25)11-15/h2-3,10-11,19,26,30H,4-9,12-13H2,1H3,(H,27,31)(H,32,33)/t19-,22?,23?/m1/s1. The van der Waals surface area contributed by atoms with Gasteiger partial charge in [-0.25, -0.2) is 9.18 Å². The first kappa shape index (κ1) is 24.4. The van der Waals surface area contributed by atoms with Crippen LogP contribution in [0.2, 0.25) is 5.02 Å². The third-order valence-electron chi connectivity index (χ3n) is 6.91. The molecule has 5 rings (SSSR count). The monoisotopic (exact) mass is 494 g/mol.